The summed E-state index contributed by atoms with van der Waals surface area (Å²) in [5.41, 5.74) is 8.34. The fourth-order valence-corrected chi connectivity index (χ4v) is 2.42. The highest BCUT2D eigenvalue weighted by Crippen LogP contribution is 2.25. The Balaban J connectivity index is 2.09. The van der Waals surface area contributed by atoms with E-state index in [2.05, 4.69) is 26.5 Å². The minimum absolute atomic E-state index is 0.453. The zero-order chi connectivity index (χ0) is 16.9. The van der Waals surface area contributed by atoms with Gasteiger partial charge < -0.3 is 10.6 Å². The molecule has 2 heterocycles. The van der Waals surface area contributed by atoms with Crippen LogP contribution in [0.2, 0.25) is 0 Å². The highest BCUT2D eigenvalue weighted by molar-refractivity contribution is 6.00. The van der Waals surface area contributed by atoms with E-state index in [1.54, 1.807) is 35.7 Å². The number of nitrogens with zero attached hydrogens (tertiary/aromatic N) is 4. The first-order valence-corrected chi connectivity index (χ1v) is 7.59. The maximum Gasteiger partial charge on any atom is 0.248 e. The molecule has 24 heavy (non-hydrogen) atoms. The fourth-order valence-electron chi connectivity index (χ4n) is 2.42. The van der Waals surface area contributed by atoms with Crippen LogP contribution in [0.15, 0.2) is 46.8 Å². The smallest absolute Gasteiger partial charge is 0.248 e. The fraction of sp³-hybridized carbons (Fsp3) is 0.176. The van der Waals surface area contributed by atoms with Crippen LogP contribution in [-0.4, -0.2) is 40.6 Å². The van der Waals surface area contributed by atoms with Crippen LogP contribution in [0.4, 0.5) is 0 Å². The molecule has 0 unspecified atom stereocenters. The number of H-pyrrole nitrogens is 1. The summed E-state index contributed by atoms with van der Waals surface area (Å²) < 4.78 is 0. The van der Waals surface area contributed by atoms with E-state index in [-0.39, 0.29) is 0 Å². The Morgan fingerprint density at radius 2 is 2.17 bits per heavy atom. The number of aromatic nitrogens is 2. The number of amides is 1. The van der Waals surface area contributed by atoms with Gasteiger partial charge in [-0.25, -0.2) is 0 Å². The summed E-state index contributed by atoms with van der Waals surface area (Å²) in [7, 11) is 1.87. The third-order valence-corrected chi connectivity index (χ3v) is 3.61. The molecule has 0 atom stereocenters. The van der Waals surface area contributed by atoms with Crippen LogP contribution in [0.5, 0.6) is 0 Å². The van der Waals surface area contributed by atoms with Crippen LogP contribution in [0.25, 0.3) is 16.5 Å². The molecular weight excluding hydrogens is 304 g/mol. The van der Waals surface area contributed by atoms with Crippen LogP contribution < -0.4 is 5.73 Å². The Labute approximate surface area is 139 Å². The topological polar surface area (TPSA) is 99.7 Å². The second-order valence-corrected chi connectivity index (χ2v) is 5.46. The van der Waals surface area contributed by atoms with Gasteiger partial charge in [0.25, 0.3) is 0 Å². The Morgan fingerprint density at radius 3 is 3.00 bits per heavy atom. The van der Waals surface area contributed by atoms with Gasteiger partial charge in [-0.2, -0.15) is 10.2 Å². The lowest BCUT2D eigenvalue weighted by Crippen LogP contribution is -2.10. The first-order chi connectivity index (χ1) is 11.6. The van der Waals surface area contributed by atoms with Crippen LogP contribution in [0, 0.1) is 0 Å². The van der Waals surface area contributed by atoms with Gasteiger partial charge in [0.2, 0.25) is 5.91 Å². The number of fused-ring (bicyclic) bond motifs is 1. The number of hydrogen-bond donors (Lipinski definition) is 2. The SMILES string of the molecule is CN1/C=N\N=C\CC/C=C\C(c2n[nH]c3ccc(C(N)=O)cc23)=C/1. The Bertz CT molecular complexity index is 874. The minimum atomic E-state index is -0.461. The van der Waals surface area contributed by atoms with Gasteiger partial charge >= 0.3 is 0 Å². The molecule has 0 saturated heterocycles. The highest BCUT2D eigenvalue weighted by atomic mass is 16.1. The van der Waals surface area contributed by atoms with Crippen molar-refractivity contribution in [2.24, 2.45) is 15.9 Å². The number of aromatic amines is 1. The van der Waals surface area contributed by atoms with E-state index in [4.69, 9.17) is 5.73 Å². The molecule has 122 valence electrons. The highest BCUT2D eigenvalue weighted by Gasteiger charge is 2.12. The average molecular weight is 322 g/mol. The van der Waals surface area contributed by atoms with Gasteiger partial charge in [-0.1, -0.05) is 12.2 Å². The molecule has 1 aromatic heterocycles. The van der Waals surface area contributed by atoms with E-state index < -0.39 is 5.91 Å². The number of rotatable bonds is 2. The number of primary amides is 1. The van der Waals surface area contributed by atoms with Gasteiger partial charge in [0.15, 0.2) is 0 Å². The third-order valence-electron chi connectivity index (χ3n) is 3.61. The lowest BCUT2D eigenvalue weighted by molar-refractivity contribution is 0.100. The number of benzene rings is 1. The van der Waals surface area contributed by atoms with E-state index >= 15 is 0 Å². The summed E-state index contributed by atoms with van der Waals surface area (Å²) in [5.74, 6) is -0.461. The Morgan fingerprint density at radius 1 is 1.29 bits per heavy atom. The number of nitrogens with two attached hydrogens (primary N) is 1. The van der Waals surface area contributed by atoms with Crippen LogP contribution >= 0.6 is 0 Å². The van der Waals surface area contributed by atoms with Crippen molar-refractivity contribution in [2.75, 3.05) is 7.05 Å². The molecule has 0 bridgehead atoms. The largest absolute Gasteiger partial charge is 0.366 e. The monoisotopic (exact) mass is 322 g/mol. The maximum atomic E-state index is 11.5. The summed E-state index contributed by atoms with van der Waals surface area (Å²) in [5, 5.41) is 16.2. The number of carbonyl (C=O) groups is 1. The van der Waals surface area contributed by atoms with Gasteiger partial charge in [-0.05, 0) is 31.0 Å². The predicted molar refractivity (Wildman–Crippen MR) is 95.7 cm³/mol. The van der Waals surface area contributed by atoms with Gasteiger partial charge in [-0.15, -0.1) is 5.10 Å². The third kappa shape index (κ3) is 3.40. The minimum Gasteiger partial charge on any atom is -0.366 e. The standard InChI is InChI=1S/C17H18N6O/c1-23-10-13(5-3-2-4-8-19-20-11-23)16-14-9-12(17(18)24)6-7-15(14)21-22-16/h3,5-11H,2,4H2,1H3,(H2,18,24)(H,21,22)/b5-3-,13-10+,19-8+,20-11-. The molecular formula is C17H18N6O. The van der Waals surface area contributed by atoms with E-state index in [0.717, 1.165) is 35.0 Å². The van der Waals surface area contributed by atoms with Crippen molar-refractivity contribution in [3.8, 4) is 0 Å². The molecule has 0 saturated carbocycles. The molecule has 3 N–H and O–H groups in total. The van der Waals surface area contributed by atoms with Gasteiger partial charge in [0.05, 0.1) is 5.52 Å². The van der Waals surface area contributed by atoms with Crippen molar-refractivity contribution in [2.45, 2.75) is 12.8 Å². The van der Waals surface area contributed by atoms with E-state index in [9.17, 15) is 4.79 Å². The first kappa shape index (κ1) is 15.7. The average Bonchev–Trinajstić information content (AvgIpc) is 2.96. The summed E-state index contributed by atoms with van der Waals surface area (Å²) >= 11 is 0. The second kappa shape index (κ2) is 6.91. The zero-order valence-corrected chi connectivity index (χ0v) is 13.3. The van der Waals surface area contributed by atoms with E-state index in [1.807, 2.05) is 19.3 Å². The molecule has 1 aliphatic heterocycles. The number of allylic oxidation sites excluding steroid dienone is 3. The Hall–Kier alpha value is -3.22. The lowest BCUT2D eigenvalue weighted by Gasteiger charge is -2.08. The molecule has 3 rings (SSSR count). The Kier molecular flexibility index (Phi) is 4.51. The summed E-state index contributed by atoms with van der Waals surface area (Å²) in [4.78, 5) is 13.3. The second-order valence-electron chi connectivity index (χ2n) is 5.46. The number of carbonyl (C=O) groups excluding carboxylic acids is 1. The van der Waals surface area contributed by atoms with Crippen LogP contribution in [0.3, 0.4) is 0 Å². The van der Waals surface area contributed by atoms with E-state index in [1.165, 1.54) is 0 Å². The van der Waals surface area contributed by atoms with Crippen molar-refractivity contribution in [3.05, 3.63) is 47.8 Å². The summed E-state index contributed by atoms with van der Waals surface area (Å²) in [6, 6.07) is 5.25. The lowest BCUT2D eigenvalue weighted by atomic mass is 10.1. The van der Waals surface area contributed by atoms with E-state index in [0.29, 0.717) is 5.56 Å². The molecule has 1 aromatic carbocycles. The molecule has 0 aliphatic carbocycles. The van der Waals surface area contributed by atoms with Crippen molar-refractivity contribution >= 4 is 34.9 Å². The van der Waals surface area contributed by atoms with Crippen LogP contribution in [-0.2, 0) is 0 Å². The summed E-state index contributed by atoms with van der Waals surface area (Å²) in [6.45, 7) is 0. The molecule has 1 amide bonds. The molecule has 1 aliphatic rings. The van der Waals surface area contributed by atoms with Gasteiger partial charge in [-0.3, -0.25) is 9.89 Å². The van der Waals surface area contributed by atoms with Gasteiger partial charge in [0, 0.05) is 36.0 Å². The molecule has 2 aromatic rings. The van der Waals surface area contributed by atoms with Crippen molar-refractivity contribution in [3.63, 3.8) is 0 Å². The summed E-state index contributed by atoms with van der Waals surface area (Å²) in [6.07, 6.45) is 11.1. The normalized spacial score (nSPS) is 21.5. The molecule has 0 radical (unpaired) electrons. The molecule has 0 spiro atoms. The molecule has 7 heteroatoms. The van der Waals surface area contributed by atoms with Crippen molar-refractivity contribution in [1.29, 1.82) is 0 Å². The van der Waals surface area contributed by atoms with Crippen molar-refractivity contribution in [1.82, 2.24) is 15.1 Å². The maximum absolute atomic E-state index is 11.5. The predicted octanol–water partition coefficient (Wildman–Crippen LogP) is 2.30. The zero-order valence-electron chi connectivity index (χ0n) is 13.3. The van der Waals surface area contributed by atoms with Gasteiger partial charge in [0.1, 0.15) is 12.0 Å². The molecule has 7 nitrogen and oxygen atoms in total. The quantitative estimate of drug-likeness (QED) is 0.887. The van der Waals surface area contributed by atoms with Crippen LogP contribution in [0.1, 0.15) is 28.9 Å². The molecule has 0 fully saturated rings. The van der Waals surface area contributed by atoms with Crippen molar-refractivity contribution < 1.29 is 4.79 Å². The first-order valence-electron chi connectivity index (χ1n) is 7.59. The number of hydrogen-bond acceptors (Lipinski definition) is 5. The number of nitrogens with one attached hydrogen (secondary N) is 1.